The number of rotatable bonds is 1. The summed E-state index contributed by atoms with van der Waals surface area (Å²) in [5, 5.41) is 0. The molecule has 0 unspecified atom stereocenters. The number of allylic oxidation sites excluding steroid dienone is 6. The normalized spacial score (nSPS) is 18.6. The van der Waals surface area contributed by atoms with Crippen LogP contribution in [0.1, 0.15) is 19.8 Å². The lowest BCUT2D eigenvalue weighted by Gasteiger charge is -2.00. The van der Waals surface area contributed by atoms with Gasteiger partial charge in [-0.05, 0) is 25.3 Å². The van der Waals surface area contributed by atoms with E-state index in [1.807, 2.05) is 0 Å². The Morgan fingerprint density at radius 3 is 2.89 bits per heavy atom. The molecular weight excluding hydrogens is 108 g/mol. The SMILES string of the molecule is C/C=C/C1=CCC=CC1. The van der Waals surface area contributed by atoms with Crippen molar-refractivity contribution in [2.24, 2.45) is 0 Å². The molecule has 0 N–H and O–H groups in total. The lowest BCUT2D eigenvalue weighted by atomic mass is 10.1. The fraction of sp³-hybridized carbons (Fsp3) is 0.333. The summed E-state index contributed by atoms with van der Waals surface area (Å²) in [6, 6.07) is 0. The van der Waals surface area contributed by atoms with Crippen LogP contribution in [0.5, 0.6) is 0 Å². The van der Waals surface area contributed by atoms with E-state index in [0.29, 0.717) is 0 Å². The molecular formula is C9H12. The van der Waals surface area contributed by atoms with Gasteiger partial charge in [-0.1, -0.05) is 30.4 Å². The molecule has 0 saturated heterocycles. The van der Waals surface area contributed by atoms with Crippen molar-refractivity contribution in [2.45, 2.75) is 19.8 Å². The average molecular weight is 120 g/mol. The van der Waals surface area contributed by atoms with Crippen LogP contribution < -0.4 is 0 Å². The first-order chi connectivity index (χ1) is 4.43. The molecule has 48 valence electrons. The minimum absolute atomic E-state index is 1.11. The van der Waals surface area contributed by atoms with Gasteiger partial charge in [0.05, 0.1) is 0 Å². The standard InChI is InChI=1S/C9H12/c1-2-6-9-7-4-3-5-8-9/h2-4,6,8H,5,7H2,1H3/b6-2+. The van der Waals surface area contributed by atoms with Gasteiger partial charge in [0.25, 0.3) is 0 Å². The molecule has 0 radical (unpaired) electrons. The summed E-state index contributed by atoms with van der Waals surface area (Å²) < 4.78 is 0. The Morgan fingerprint density at radius 1 is 1.44 bits per heavy atom. The molecule has 0 bridgehead atoms. The van der Waals surface area contributed by atoms with E-state index in [0.717, 1.165) is 12.8 Å². The average Bonchev–Trinajstić information content (AvgIpc) is 1.91. The minimum Gasteiger partial charge on any atom is -0.0874 e. The molecule has 0 heteroatoms. The van der Waals surface area contributed by atoms with E-state index in [9.17, 15) is 0 Å². The first-order valence-corrected chi connectivity index (χ1v) is 3.40. The van der Waals surface area contributed by atoms with Gasteiger partial charge in [0.1, 0.15) is 0 Å². The van der Waals surface area contributed by atoms with Crippen molar-refractivity contribution in [1.82, 2.24) is 0 Å². The highest BCUT2D eigenvalue weighted by molar-refractivity contribution is 5.24. The highest BCUT2D eigenvalue weighted by Crippen LogP contribution is 2.11. The summed E-state index contributed by atoms with van der Waals surface area (Å²) in [5.41, 5.74) is 1.44. The second-order valence-corrected chi connectivity index (χ2v) is 2.19. The minimum atomic E-state index is 1.11. The van der Waals surface area contributed by atoms with E-state index in [-0.39, 0.29) is 0 Å². The quantitative estimate of drug-likeness (QED) is 0.467. The Hall–Kier alpha value is -0.780. The smallest absolute Gasteiger partial charge is 0.0101 e. The molecule has 0 aliphatic heterocycles. The summed E-state index contributed by atoms with van der Waals surface area (Å²) in [7, 11) is 0. The van der Waals surface area contributed by atoms with Crippen molar-refractivity contribution in [3.8, 4) is 0 Å². The molecule has 0 heterocycles. The van der Waals surface area contributed by atoms with Crippen LogP contribution in [0.3, 0.4) is 0 Å². The molecule has 0 amide bonds. The van der Waals surface area contributed by atoms with Gasteiger partial charge in [-0.15, -0.1) is 0 Å². The van der Waals surface area contributed by atoms with E-state index >= 15 is 0 Å². The zero-order chi connectivity index (χ0) is 6.53. The van der Waals surface area contributed by atoms with E-state index in [4.69, 9.17) is 0 Å². The van der Waals surface area contributed by atoms with Gasteiger partial charge >= 0.3 is 0 Å². The lowest BCUT2D eigenvalue weighted by Crippen LogP contribution is -1.80. The van der Waals surface area contributed by atoms with Crippen molar-refractivity contribution in [3.63, 3.8) is 0 Å². The topological polar surface area (TPSA) is 0 Å². The predicted octanol–water partition coefficient (Wildman–Crippen LogP) is 2.84. The maximum atomic E-state index is 2.26. The summed E-state index contributed by atoms with van der Waals surface area (Å²) >= 11 is 0. The zero-order valence-corrected chi connectivity index (χ0v) is 5.80. The maximum absolute atomic E-state index is 2.26. The van der Waals surface area contributed by atoms with Crippen LogP contribution in [0.2, 0.25) is 0 Å². The maximum Gasteiger partial charge on any atom is -0.0101 e. The van der Waals surface area contributed by atoms with Gasteiger partial charge in [-0.25, -0.2) is 0 Å². The second kappa shape index (κ2) is 3.29. The van der Waals surface area contributed by atoms with Crippen LogP contribution in [0, 0.1) is 0 Å². The Labute approximate surface area is 56.6 Å². The molecule has 0 atom stereocenters. The molecule has 0 nitrogen and oxygen atoms in total. The molecule has 0 saturated carbocycles. The van der Waals surface area contributed by atoms with Crippen molar-refractivity contribution in [2.75, 3.05) is 0 Å². The Morgan fingerprint density at radius 2 is 2.33 bits per heavy atom. The Balaban J connectivity index is 2.50. The fourth-order valence-corrected chi connectivity index (χ4v) is 0.969. The molecule has 1 rings (SSSR count). The molecule has 9 heavy (non-hydrogen) atoms. The van der Waals surface area contributed by atoms with Gasteiger partial charge in [0.15, 0.2) is 0 Å². The highest BCUT2D eigenvalue weighted by atomic mass is 14.0. The van der Waals surface area contributed by atoms with E-state index in [1.165, 1.54) is 5.57 Å². The largest absolute Gasteiger partial charge is 0.0874 e. The number of hydrogen-bond donors (Lipinski definition) is 0. The van der Waals surface area contributed by atoms with Gasteiger partial charge < -0.3 is 0 Å². The molecule has 0 aromatic carbocycles. The Kier molecular flexibility index (Phi) is 2.32. The van der Waals surface area contributed by atoms with Crippen LogP contribution in [-0.4, -0.2) is 0 Å². The van der Waals surface area contributed by atoms with Crippen molar-refractivity contribution in [1.29, 1.82) is 0 Å². The van der Waals surface area contributed by atoms with Crippen LogP contribution in [0.15, 0.2) is 36.0 Å². The molecule has 0 spiro atoms. The van der Waals surface area contributed by atoms with E-state index in [2.05, 4.69) is 37.3 Å². The summed E-state index contributed by atoms with van der Waals surface area (Å²) in [4.78, 5) is 0. The third-order valence-electron chi connectivity index (χ3n) is 1.42. The van der Waals surface area contributed by atoms with E-state index < -0.39 is 0 Å². The Bertz CT molecular complexity index is 159. The molecule has 1 aliphatic rings. The molecule has 1 aliphatic carbocycles. The van der Waals surface area contributed by atoms with Crippen LogP contribution in [0.25, 0.3) is 0 Å². The lowest BCUT2D eigenvalue weighted by molar-refractivity contribution is 1.16. The van der Waals surface area contributed by atoms with Gasteiger partial charge in [-0.3, -0.25) is 0 Å². The van der Waals surface area contributed by atoms with Crippen LogP contribution >= 0.6 is 0 Å². The molecule has 0 aromatic rings. The fourth-order valence-electron chi connectivity index (χ4n) is 0.969. The van der Waals surface area contributed by atoms with Crippen molar-refractivity contribution in [3.05, 3.63) is 36.0 Å². The summed E-state index contributed by atoms with van der Waals surface area (Å²) in [6.07, 6.45) is 13.2. The van der Waals surface area contributed by atoms with Crippen molar-refractivity contribution < 1.29 is 0 Å². The highest BCUT2D eigenvalue weighted by Gasteiger charge is 1.90. The van der Waals surface area contributed by atoms with Crippen molar-refractivity contribution >= 4 is 0 Å². The van der Waals surface area contributed by atoms with E-state index in [1.54, 1.807) is 0 Å². The zero-order valence-electron chi connectivity index (χ0n) is 5.80. The first kappa shape index (κ1) is 6.34. The monoisotopic (exact) mass is 120 g/mol. The predicted molar refractivity (Wildman–Crippen MR) is 41.3 cm³/mol. The number of hydrogen-bond acceptors (Lipinski definition) is 0. The van der Waals surface area contributed by atoms with Crippen LogP contribution in [-0.2, 0) is 0 Å². The third kappa shape index (κ3) is 1.88. The summed E-state index contributed by atoms with van der Waals surface area (Å²) in [6.45, 7) is 2.05. The van der Waals surface area contributed by atoms with Gasteiger partial charge in [0.2, 0.25) is 0 Å². The molecule has 0 fully saturated rings. The second-order valence-electron chi connectivity index (χ2n) is 2.19. The van der Waals surface area contributed by atoms with Gasteiger partial charge in [-0.2, -0.15) is 0 Å². The van der Waals surface area contributed by atoms with Gasteiger partial charge in [0, 0.05) is 0 Å². The molecule has 0 aromatic heterocycles. The first-order valence-electron chi connectivity index (χ1n) is 3.40. The van der Waals surface area contributed by atoms with Crippen LogP contribution in [0.4, 0.5) is 0 Å². The third-order valence-corrected chi connectivity index (χ3v) is 1.42. The summed E-state index contributed by atoms with van der Waals surface area (Å²) in [5.74, 6) is 0.